The summed E-state index contributed by atoms with van der Waals surface area (Å²) in [5, 5.41) is 11.5. The van der Waals surface area contributed by atoms with E-state index in [1.165, 1.54) is 4.90 Å². The van der Waals surface area contributed by atoms with Crippen LogP contribution in [0.15, 0.2) is 103 Å². The molecule has 0 spiro atoms. The van der Waals surface area contributed by atoms with E-state index < -0.39 is 17.7 Å². The van der Waals surface area contributed by atoms with E-state index in [0.717, 1.165) is 27.8 Å². The zero-order valence-corrected chi connectivity index (χ0v) is 21.6. The third-order valence-corrected chi connectivity index (χ3v) is 6.99. The number of hydrogen-bond acceptors (Lipinski definition) is 4. The fourth-order valence-corrected chi connectivity index (χ4v) is 4.95. The van der Waals surface area contributed by atoms with Crippen LogP contribution in [0.4, 0.5) is 5.69 Å². The Morgan fingerprint density at radius 2 is 1.45 bits per heavy atom. The van der Waals surface area contributed by atoms with Crippen molar-refractivity contribution in [3.8, 4) is 5.75 Å². The maximum absolute atomic E-state index is 13.5. The number of carbonyl (C=O) groups excluding carboxylic acids is 2. The Kier molecular flexibility index (Phi) is 6.84. The Balaban J connectivity index is 1.58. The minimum absolute atomic E-state index is 0.0740. The molecule has 1 unspecified atom stereocenters. The molecule has 1 aliphatic rings. The second-order valence-electron chi connectivity index (χ2n) is 9.57. The summed E-state index contributed by atoms with van der Waals surface area (Å²) in [6, 6.07) is 29.5. The molecule has 1 saturated heterocycles. The molecular weight excluding hydrogens is 474 g/mol. The van der Waals surface area contributed by atoms with E-state index in [1.807, 2.05) is 99.6 Å². The normalized spacial score (nSPS) is 16.6. The Labute approximate surface area is 222 Å². The molecular formula is C33H29NO4. The van der Waals surface area contributed by atoms with Crippen molar-refractivity contribution in [3.05, 3.63) is 136 Å². The Bertz CT molecular complexity index is 1550. The summed E-state index contributed by atoms with van der Waals surface area (Å²) >= 11 is 0. The summed E-state index contributed by atoms with van der Waals surface area (Å²) < 4.78 is 5.99. The summed E-state index contributed by atoms with van der Waals surface area (Å²) in [6.07, 6.45) is 0. The van der Waals surface area contributed by atoms with E-state index in [4.69, 9.17) is 4.74 Å². The quantitative estimate of drug-likeness (QED) is 0.178. The number of rotatable bonds is 6. The number of aryl methyl sites for hydroxylation is 3. The average molecular weight is 504 g/mol. The van der Waals surface area contributed by atoms with Crippen LogP contribution >= 0.6 is 0 Å². The highest BCUT2D eigenvalue weighted by atomic mass is 16.5. The van der Waals surface area contributed by atoms with Crippen LogP contribution in [0.1, 0.15) is 39.4 Å². The van der Waals surface area contributed by atoms with Gasteiger partial charge in [-0.25, -0.2) is 0 Å². The Hall–Kier alpha value is -4.64. The number of aliphatic hydroxyl groups is 1. The topological polar surface area (TPSA) is 66.8 Å². The number of amides is 1. The first-order chi connectivity index (χ1) is 18.4. The highest BCUT2D eigenvalue weighted by molar-refractivity contribution is 6.51. The molecule has 1 fully saturated rings. The SMILES string of the molecule is Cc1cc(/C(O)=C2\C(=O)C(=O)N(c3ccccc3C)C2c2ccccc2C)ccc1OCc1ccccc1. The zero-order chi connectivity index (χ0) is 26.8. The maximum Gasteiger partial charge on any atom is 0.300 e. The molecule has 5 nitrogen and oxygen atoms in total. The molecule has 0 aliphatic carbocycles. The molecule has 0 radical (unpaired) electrons. The lowest BCUT2D eigenvalue weighted by molar-refractivity contribution is -0.132. The van der Waals surface area contributed by atoms with E-state index in [2.05, 4.69) is 0 Å². The van der Waals surface area contributed by atoms with Gasteiger partial charge in [0.15, 0.2) is 0 Å². The van der Waals surface area contributed by atoms with Crippen LogP contribution < -0.4 is 9.64 Å². The largest absolute Gasteiger partial charge is 0.507 e. The van der Waals surface area contributed by atoms with Gasteiger partial charge in [0, 0.05) is 11.3 Å². The molecule has 4 aromatic rings. The van der Waals surface area contributed by atoms with Crippen molar-refractivity contribution in [2.45, 2.75) is 33.4 Å². The maximum atomic E-state index is 13.5. The van der Waals surface area contributed by atoms with Crippen molar-refractivity contribution in [2.24, 2.45) is 0 Å². The molecule has 4 aromatic carbocycles. The molecule has 1 aliphatic heterocycles. The predicted octanol–water partition coefficient (Wildman–Crippen LogP) is 6.82. The number of para-hydroxylation sites is 1. The number of ether oxygens (including phenoxy) is 1. The number of aliphatic hydroxyl groups excluding tert-OH is 1. The van der Waals surface area contributed by atoms with E-state index in [0.29, 0.717) is 23.6 Å². The lowest BCUT2D eigenvalue weighted by atomic mass is 9.92. The molecule has 0 saturated carbocycles. The minimum atomic E-state index is -0.758. The van der Waals surface area contributed by atoms with Crippen LogP contribution in [0.25, 0.3) is 5.76 Å². The van der Waals surface area contributed by atoms with E-state index >= 15 is 0 Å². The first kappa shape index (κ1) is 25.0. The summed E-state index contributed by atoms with van der Waals surface area (Å²) in [6.45, 7) is 6.15. The van der Waals surface area contributed by atoms with Crippen molar-refractivity contribution in [1.82, 2.24) is 0 Å². The lowest BCUT2D eigenvalue weighted by Gasteiger charge is -2.27. The van der Waals surface area contributed by atoms with Crippen molar-refractivity contribution in [1.29, 1.82) is 0 Å². The van der Waals surface area contributed by atoms with Gasteiger partial charge in [0.1, 0.15) is 18.1 Å². The van der Waals surface area contributed by atoms with Crippen LogP contribution in [0.3, 0.4) is 0 Å². The van der Waals surface area contributed by atoms with E-state index in [9.17, 15) is 14.7 Å². The van der Waals surface area contributed by atoms with Crippen LogP contribution in [0.5, 0.6) is 5.75 Å². The van der Waals surface area contributed by atoms with Gasteiger partial charge in [-0.2, -0.15) is 0 Å². The third kappa shape index (κ3) is 4.59. The Morgan fingerprint density at radius 1 is 0.789 bits per heavy atom. The molecule has 1 N–H and O–H groups in total. The zero-order valence-electron chi connectivity index (χ0n) is 21.6. The van der Waals surface area contributed by atoms with Gasteiger partial charge in [-0.3, -0.25) is 14.5 Å². The summed E-state index contributed by atoms with van der Waals surface area (Å²) in [5.41, 5.74) is 5.60. The van der Waals surface area contributed by atoms with Crippen LogP contribution in [-0.2, 0) is 16.2 Å². The molecule has 1 atom stereocenters. The molecule has 1 amide bonds. The fraction of sp³-hybridized carbons (Fsp3) is 0.152. The van der Waals surface area contributed by atoms with Crippen LogP contribution in [0.2, 0.25) is 0 Å². The number of carbonyl (C=O) groups is 2. The van der Waals surface area contributed by atoms with Crippen molar-refractivity contribution in [3.63, 3.8) is 0 Å². The van der Waals surface area contributed by atoms with Crippen molar-refractivity contribution >= 4 is 23.1 Å². The van der Waals surface area contributed by atoms with Gasteiger partial charge in [0.2, 0.25) is 0 Å². The molecule has 5 rings (SSSR count). The number of anilines is 1. The monoisotopic (exact) mass is 503 g/mol. The van der Waals surface area contributed by atoms with Gasteiger partial charge < -0.3 is 9.84 Å². The van der Waals surface area contributed by atoms with Crippen molar-refractivity contribution < 1.29 is 19.4 Å². The number of nitrogens with zero attached hydrogens (tertiary/aromatic N) is 1. The van der Waals surface area contributed by atoms with Gasteiger partial charge in [-0.05, 0) is 72.9 Å². The van der Waals surface area contributed by atoms with Crippen LogP contribution in [-0.4, -0.2) is 16.8 Å². The molecule has 38 heavy (non-hydrogen) atoms. The molecule has 5 heteroatoms. The molecule has 0 bridgehead atoms. The van der Waals surface area contributed by atoms with Gasteiger partial charge in [0.25, 0.3) is 11.7 Å². The highest BCUT2D eigenvalue weighted by Crippen LogP contribution is 2.44. The number of Topliss-reactive ketones (excluding diaryl/α,β-unsaturated/α-hetero) is 1. The first-order valence-corrected chi connectivity index (χ1v) is 12.6. The first-order valence-electron chi connectivity index (χ1n) is 12.6. The minimum Gasteiger partial charge on any atom is -0.507 e. The average Bonchev–Trinajstić information content (AvgIpc) is 3.18. The third-order valence-electron chi connectivity index (χ3n) is 6.99. The lowest BCUT2D eigenvalue weighted by Crippen LogP contribution is -2.30. The predicted molar refractivity (Wildman–Crippen MR) is 149 cm³/mol. The molecule has 1 heterocycles. The summed E-state index contributed by atoms with van der Waals surface area (Å²) in [5.74, 6) is -0.888. The van der Waals surface area contributed by atoms with Crippen molar-refractivity contribution in [2.75, 3.05) is 4.90 Å². The van der Waals surface area contributed by atoms with E-state index in [1.54, 1.807) is 18.2 Å². The van der Waals surface area contributed by atoms with Gasteiger partial charge in [-0.15, -0.1) is 0 Å². The van der Waals surface area contributed by atoms with Gasteiger partial charge in [-0.1, -0.05) is 72.8 Å². The van der Waals surface area contributed by atoms with Gasteiger partial charge in [0.05, 0.1) is 11.6 Å². The second-order valence-corrected chi connectivity index (χ2v) is 9.57. The van der Waals surface area contributed by atoms with Gasteiger partial charge >= 0.3 is 0 Å². The Morgan fingerprint density at radius 3 is 2.13 bits per heavy atom. The standard InChI is InChI=1S/C33H29NO4/c1-21-11-7-9-15-26(21)30-29(32(36)33(37)34(30)27-16-10-8-12-22(27)2)31(35)25-17-18-28(23(3)19-25)38-20-24-13-5-4-6-14-24/h4-19,30,35H,20H2,1-3H3/b31-29+. The van der Waals surface area contributed by atoms with E-state index in [-0.39, 0.29) is 11.3 Å². The number of ketones is 1. The second kappa shape index (κ2) is 10.4. The number of hydrogen-bond donors (Lipinski definition) is 1. The summed E-state index contributed by atoms with van der Waals surface area (Å²) in [4.78, 5) is 28.4. The van der Waals surface area contributed by atoms with Crippen LogP contribution in [0, 0.1) is 20.8 Å². The number of benzene rings is 4. The highest BCUT2D eigenvalue weighted by Gasteiger charge is 2.47. The molecule has 190 valence electrons. The fourth-order valence-electron chi connectivity index (χ4n) is 4.95. The molecule has 0 aromatic heterocycles. The smallest absolute Gasteiger partial charge is 0.300 e. The summed E-state index contributed by atoms with van der Waals surface area (Å²) in [7, 11) is 0.